The molecule has 0 unspecified atom stereocenters. The molecule has 10 heteroatoms. The first-order chi connectivity index (χ1) is 17.0. The molecule has 0 radical (unpaired) electrons. The van der Waals surface area contributed by atoms with Crippen LogP contribution < -0.4 is 4.90 Å². The largest absolute Gasteiger partial charge is 0.354 e. The summed E-state index contributed by atoms with van der Waals surface area (Å²) in [6.45, 7) is 4.97. The summed E-state index contributed by atoms with van der Waals surface area (Å²) in [5.41, 5.74) is 2.18. The first-order valence-corrected chi connectivity index (χ1v) is 12.1. The topological polar surface area (TPSA) is 93.7 Å². The lowest BCUT2D eigenvalue weighted by Crippen LogP contribution is -2.45. The van der Waals surface area contributed by atoms with E-state index in [1.165, 1.54) is 12.3 Å². The smallest absolute Gasteiger partial charge is 0.236 e. The Morgan fingerprint density at radius 2 is 2.03 bits per heavy atom. The number of hydrogen-bond acceptors (Lipinski definition) is 7. The zero-order valence-corrected chi connectivity index (χ0v) is 19.9. The van der Waals surface area contributed by atoms with Crippen LogP contribution in [0.4, 0.5) is 10.2 Å². The van der Waals surface area contributed by atoms with Gasteiger partial charge >= 0.3 is 0 Å². The molecule has 0 N–H and O–H groups in total. The number of likely N-dealkylation sites (N-methyl/N-ethyl adjacent to an activating group) is 1. The van der Waals surface area contributed by atoms with Gasteiger partial charge in [-0.2, -0.15) is 5.26 Å². The van der Waals surface area contributed by atoms with Crippen LogP contribution in [-0.2, 0) is 11.2 Å². The van der Waals surface area contributed by atoms with Crippen LogP contribution in [-0.4, -0.2) is 81.4 Å². The van der Waals surface area contributed by atoms with Crippen LogP contribution in [0.15, 0.2) is 30.6 Å². The van der Waals surface area contributed by atoms with Crippen LogP contribution >= 0.6 is 0 Å². The van der Waals surface area contributed by atoms with Crippen molar-refractivity contribution in [3.63, 3.8) is 0 Å². The fourth-order valence-corrected chi connectivity index (χ4v) is 4.95. The number of anilines is 1. The Kier molecular flexibility index (Phi) is 6.59. The van der Waals surface area contributed by atoms with Crippen LogP contribution in [0, 0.1) is 23.1 Å². The lowest BCUT2D eigenvalue weighted by Gasteiger charge is -2.34. The minimum atomic E-state index is -0.350. The van der Waals surface area contributed by atoms with Crippen LogP contribution in [0.5, 0.6) is 0 Å². The molecule has 0 bridgehead atoms. The molecule has 0 aromatic carbocycles. The Hall–Kier alpha value is -3.58. The highest BCUT2D eigenvalue weighted by molar-refractivity contribution is 5.78. The number of carbonyl (C=O) groups excluding carboxylic acids is 1. The number of halogens is 1. The van der Waals surface area contributed by atoms with Crippen molar-refractivity contribution in [2.24, 2.45) is 5.92 Å². The van der Waals surface area contributed by atoms with E-state index in [0.29, 0.717) is 36.7 Å². The summed E-state index contributed by atoms with van der Waals surface area (Å²) in [5, 5.41) is 8.90. The van der Waals surface area contributed by atoms with E-state index in [1.54, 1.807) is 21.6 Å². The van der Waals surface area contributed by atoms with Crippen molar-refractivity contribution in [1.82, 2.24) is 29.2 Å². The van der Waals surface area contributed by atoms with Crippen molar-refractivity contribution in [2.45, 2.75) is 25.7 Å². The Morgan fingerprint density at radius 3 is 2.83 bits per heavy atom. The Balaban J connectivity index is 1.47. The van der Waals surface area contributed by atoms with Gasteiger partial charge in [0.2, 0.25) is 5.91 Å². The molecule has 3 aromatic rings. The molecule has 9 nitrogen and oxygen atoms in total. The minimum Gasteiger partial charge on any atom is -0.354 e. The van der Waals surface area contributed by atoms with Crippen LogP contribution in [0.2, 0.25) is 0 Å². The van der Waals surface area contributed by atoms with Crippen molar-refractivity contribution in [3.8, 4) is 17.6 Å². The summed E-state index contributed by atoms with van der Waals surface area (Å²) < 4.78 is 15.7. The molecule has 5 rings (SSSR count). The summed E-state index contributed by atoms with van der Waals surface area (Å²) >= 11 is 0. The Morgan fingerprint density at radius 1 is 1.20 bits per heavy atom. The van der Waals surface area contributed by atoms with E-state index in [2.05, 4.69) is 27.9 Å². The predicted octanol–water partition coefficient (Wildman–Crippen LogP) is 2.38. The summed E-state index contributed by atoms with van der Waals surface area (Å²) in [4.78, 5) is 32.8. The normalized spacial score (nSPS) is 19.2. The minimum absolute atomic E-state index is 0.0806. The zero-order valence-electron chi connectivity index (χ0n) is 19.9. The number of fused-ring (bicyclic) bond motifs is 1. The first-order valence-electron chi connectivity index (χ1n) is 12.1. The molecule has 0 aliphatic carbocycles. The summed E-state index contributed by atoms with van der Waals surface area (Å²) in [6, 6.07) is 7.04. The second kappa shape index (κ2) is 9.96. The van der Waals surface area contributed by atoms with Crippen LogP contribution in [0.3, 0.4) is 0 Å². The fourth-order valence-electron chi connectivity index (χ4n) is 4.95. The second-order valence-corrected chi connectivity index (χ2v) is 9.44. The number of aromatic nitrogens is 4. The highest BCUT2D eigenvalue weighted by Gasteiger charge is 2.25. The van der Waals surface area contributed by atoms with Gasteiger partial charge in [0.25, 0.3) is 0 Å². The number of piperazine rings is 1. The summed E-state index contributed by atoms with van der Waals surface area (Å²) in [6.07, 6.45) is 5.63. The first kappa shape index (κ1) is 23.2. The van der Waals surface area contributed by atoms with Gasteiger partial charge in [0.05, 0.1) is 12.3 Å². The van der Waals surface area contributed by atoms with Crippen molar-refractivity contribution in [2.75, 3.05) is 51.2 Å². The number of hydrogen-bond donors (Lipinski definition) is 0. The maximum atomic E-state index is 14.0. The quantitative estimate of drug-likeness (QED) is 0.558. The molecule has 1 atom stereocenters. The molecular formula is C25H29FN8O. The number of amides is 1. The Bertz CT molecular complexity index is 1260. The monoisotopic (exact) mass is 476 g/mol. The van der Waals surface area contributed by atoms with Gasteiger partial charge in [-0.3, -0.25) is 9.20 Å². The molecule has 5 heterocycles. The van der Waals surface area contributed by atoms with Crippen molar-refractivity contribution in [1.29, 1.82) is 5.26 Å². The number of nitrogens with zero attached hydrogens (tertiary/aromatic N) is 8. The van der Waals surface area contributed by atoms with E-state index in [-0.39, 0.29) is 24.1 Å². The summed E-state index contributed by atoms with van der Waals surface area (Å²) in [7, 11) is 2.11. The van der Waals surface area contributed by atoms with Crippen molar-refractivity contribution in [3.05, 3.63) is 42.1 Å². The maximum absolute atomic E-state index is 14.0. The average Bonchev–Trinajstić information content (AvgIpc) is 3.28. The number of imidazole rings is 1. The third kappa shape index (κ3) is 5.10. The van der Waals surface area contributed by atoms with Gasteiger partial charge in [-0.1, -0.05) is 0 Å². The number of nitriles is 1. The van der Waals surface area contributed by atoms with E-state index in [0.717, 1.165) is 50.5 Å². The SMILES string of the molecule is CN1CCN(c2cc(C[C@@H]3CCCN(C(=O)CC#N)C3)nc(-c3cnc4ccc(F)cn34)n2)CC1. The number of pyridine rings is 1. The van der Waals surface area contributed by atoms with Crippen molar-refractivity contribution < 1.29 is 9.18 Å². The standard InChI is InChI=1S/C25H29FN8O/c1-31-9-11-32(12-10-31)23-14-20(13-18-3-2-8-33(16-18)24(35)6-7-27)29-25(30-23)21-15-28-22-5-4-19(26)17-34(21)22/h4-5,14-15,17-18H,2-3,6,8-13,16H2,1H3/t18-/m0/s1. The molecule has 3 aromatic heterocycles. The van der Waals surface area contributed by atoms with Gasteiger partial charge in [0.15, 0.2) is 5.82 Å². The van der Waals surface area contributed by atoms with E-state index >= 15 is 0 Å². The van der Waals surface area contributed by atoms with E-state index in [1.807, 2.05) is 6.07 Å². The average molecular weight is 477 g/mol. The molecule has 1 amide bonds. The molecule has 2 fully saturated rings. The van der Waals surface area contributed by atoms with Gasteiger partial charge in [0.1, 0.15) is 29.4 Å². The lowest BCUT2D eigenvalue weighted by atomic mass is 9.93. The number of carbonyl (C=O) groups is 1. The van der Waals surface area contributed by atoms with Crippen LogP contribution in [0.1, 0.15) is 25.0 Å². The summed E-state index contributed by atoms with van der Waals surface area (Å²) in [5.74, 6) is 1.18. The number of likely N-dealkylation sites (tertiary alicyclic amines) is 1. The highest BCUT2D eigenvalue weighted by atomic mass is 19.1. The molecule has 0 spiro atoms. The zero-order chi connectivity index (χ0) is 24.4. The molecule has 182 valence electrons. The number of rotatable bonds is 5. The van der Waals surface area contributed by atoms with Gasteiger partial charge in [-0.05, 0) is 44.4 Å². The van der Waals surface area contributed by atoms with Crippen LogP contribution in [0.25, 0.3) is 17.2 Å². The molecule has 2 aliphatic rings. The predicted molar refractivity (Wildman–Crippen MR) is 129 cm³/mol. The van der Waals surface area contributed by atoms with Crippen molar-refractivity contribution >= 4 is 17.4 Å². The molecule has 35 heavy (non-hydrogen) atoms. The van der Waals surface area contributed by atoms with E-state index < -0.39 is 0 Å². The number of piperidine rings is 1. The highest BCUT2D eigenvalue weighted by Crippen LogP contribution is 2.26. The second-order valence-electron chi connectivity index (χ2n) is 9.44. The molecule has 2 aliphatic heterocycles. The molecular weight excluding hydrogens is 447 g/mol. The maximum Gasteiger partial charge on any atom is 0.236 e. The third-order valence-corrected chi connectivity index (χ3v) is 6.89. The molecule has 2 saturated heterocycles. The van der Waals surface area contributed by atoms with Gasteiger partial charge in [0, 0.05) is 57.2 Å². The van der Waals surface area contributed by atoms with Gasteiger partial charge in [-0.25, -0.2) is 19.3 Å². The third-order valence-electron chi connectivity index (χ3n) is 6.89. The van der Waals surface area contributed by atoms with E-state index in [4.69, 9.17) is 15.2 Å². The fraction of sp³-hybridized carbons (Fsp3) is 0.480. The lowest BCUT2D eigenvalue weighted by molar-refractivity contribution is -0.131. The molecule has 0 saturated carbocycles. The Labute approximate surface area is 203 Å². The van der Waals surface area contributed by atoms with Gasteiger partial charge < -0.3 is 14.7 Å². The van der Waals surface area contributed by atoms with E-state index in [9.17, 15) is 9.18 Å². The van der Waals surface area contributed by atoms with Gasteiger partial charge in [-0.15, -0.1) is 0 Å².